The monoisotopic (exact) mass is 289 g/mol. The largest absolute Gasteiger partial charge is 0.507 e. The van der Waals surface area contributed by atoms with Crippen LogP contribution in [0.2, 0.25) is 0 Å². The molecule has 0 saturated heterocycles. The molecule has 2 aromatic rings. The number of nitrogens with one attached hydrogen (secondary N) is 1. The fourth-order valence-electron chi connectivity index (χ4n) is 2.09. The van der Waals surface area contributed by atoms with Crippen molar-refractivity contribution in [3.8, 4) is 5.75 Å². The third-order valence-electron chi connectivity index (χ3n) is 3.20. The Balaban J connectivity index is 2.23. The fraction of sp³-hybridized carbons (Fsp3) is 0.312. The molecular formula is C16H19NO2S. The molecule has 1 unspecified atom stereocenters. The molecule has 2 N–H and O–H groups in total. The van der Waals surface area contributed by atoms with Crippen LogP contribution in [0.25, 0.3) is 0 Å². The van der Waals surface area contributed by atoms with Gasteiger partial charge in [-0.3, -0.25) is 4.79 Å². The molecule has 0 spiro atoms. The molecule has 4 heteroatoms. The van der Waals surface area contributed by atoms with Gasteiger partial charge in [0.1, 0.15) is 5.75 Å². The van der Waals surface area contributed by atoms with Crippen LogP contribution >= 0.6 is 11.3 Å². The third kappa shape index (κ3) is 3.20. The van der Waals surface area contributed by atoms with Gasteiger partial charge in [-0.2, -0.15) is 0 Å². The number of amides is 1. The average molecular weight is 289 g/mol. The van der Waals surface area contributed by atoms with Gasteiger partial charge in [0.05, 0.1) is 11.6 Å². The van der Waals surface area contributed by atoms with Crippen LogP contribution in [0.5, 0.6) is 5.75 Å². The summed E-state index contributed by atoms with van der Waals surface area (Å²) in [5.41, 5.74) is 1.28. The number of benzene rings is 1. The maximum Gasteiger partial charge on any atom is 0.255 e. The lowest BCUT2D eigenvalue weighted by Gasteiger charge is -2.21. The predicted molar refractivity (Wildman–Crippen MR) is 82.2 cm³/mol. The van der Waals surface area contributed by atoms with Crippen molar-refractivity contribution >= 4 is 17.2 Å². The third-order valence-corrected chi connectivity index (χ3v) is 4.16. The summed E-state index contributed by atoms with van der Waals surface area (Å²) in [6.45, 7) is 6.04. The molecule has 3 nitrogen and oxygen atoms in total. The van der Waals surface area contributed by atoms with Crippen LogP contribution in [0.4, 0.5) is 0 Å². The summed E-state index contributed by atoms with van der Waals surface area (Å²) in [5.74, 6) is 0.0598. The zero-order valence-electron chi connectivity index (χ0n) is 11.9. The Bertz CT molecular complexity index is 591. The molecule has 0 aliphatic rings. The van der Waals surface area contributed by atoms with Gasteiger partial charge < -0.3 is 10.4 Å². The summed E-state index contributed by atoms with van der Waals surface area (Å²) in [6.07, 6.45) is 0. The van der Waals surface area contributed by atoms with Gasteiger partial charge in [-0.1, -0.05) is 31.5 Å². The Labute approximate surface area is 123 Å². The number of rotatable bonds is 4. The van der Waals surface area contributed by atoms with Crippen molar-refractivity contribution in [1.82, 2.24) is 5.32 Å². The molecule has 1 amide bonds. The van der Waals surface area contributed by atoms with E-state index in [4.69, 9.17) is 0 Å². The number of carbonyl (C=O) groups is 1. The van der Waals surface area contributed by atoms with Gasteiger partial charge in [0.2, 0.25) is 0 Å². The lowest BCUT2D eigenvalue weighted by Crippen LogP contribution is -2.31. The molecule has 2 rings (SSSR count). The first-order valence-corrected chi connectivity index (χ1v) is 7.51. The van der Waals surface area contributed by atoms with E-state index in [9.17, 15) is 9.90 Å². The molecule has 1 heterocycles. The standard InChI is InChI=1S/C16H19NO2S/c1-10(2)15(14-5-4-8-20-14)17-16(19)12-9-11(3)6-7-13(12)18/h4-10,15,18H,1-3H3,(H,17,19). The van der Waals surface area contributed by atoms with Crippen LogP contribution < -0.4 is 5.32 Å². The molecule has 0 saturated carbocycles. The number of thiophene rings is 1. The molecule has 1 atom stereocenters. The van der Waals surface area contributed by atoms with Crippen molar-refractivity contribution in [3.05, 3.63) is 51.7 Å². The molecular weight excluding hydrogens is 270 g/mol. The highest BCUT2D eigenvalue weighted by atomic mass is 32.1. The lowest BCUT2D eigenvalue weighted by molar-refractivity contribution is 0.0923. The number of hydrogen-bond acceptors (Lipinski definition) is 3. The van der Waals surface area contributed by atoms with Gasteiger partial charge >= 0.3 is 0 Å². The normalized spacial score (nSPS) is 12.4. The van der Waals surface area contributed by atoms with E-state index in [1.807, 2.05) is 24.4 Å². The average Bonchev–Trinajstić information content (AvgIpc) is 2.91. The first-order valence-electron chi connectivity index (χ1n) is 6.63. The Morgan fingerprint density at radius 2 is 2.05 bits per heavy atom. The quantitative estimate of drug-likeness (QED) is 0.897. The van der Waals surface area contributed by atoms with Gasteiger partial charge in [0, 0.05) is 4.88 Å². The zero-order valence-corrected chi connectivity index (χ0v) is 12.7. The maximum absolute atomic E-state index is 12.4. The second kappa shape index (κ2) is 6.09. The van der Waals surface area contributed by atoms with E-state index in [1.54, 1.807) is 29.5 Å². The van der Waals surface area contributed by atoms with Crippen LogP contribution in [0.1, 0.15) is 40.7 Å². The molecule has 20 heavy (non-hydrogen) atoms. The second-order valence-corrected chi connectivity index (χ2v) is 6.21. The molecule has 0 radical (unpaired) electrons. The van der Waals surface area contributed by atoms with E-state index in [0.29, 0.717) is 5.56 Å². The number of hydrogen-bond donors (Lipinski definition) is 2. The highest BCUT2D eigenvalue weighted by molar-refractivity contribution is 7.10. The molecule has 0 aliphatic carbocycles. The van der Waals surface area contributed by atoms with Crippen LogP contribution in [0, 0.1) is 12.8 Å². The second-order valence-electron chi connectivity index (χ2n) is 5.23. The Hall–Kier alpha value is -1.81. The molecule has 1 aromatic heterocycles. The highest BCUT2D eigenvalue weighted by Crippen LogP contribution is 2.27. The molecule has 106 valence electrons. The first-order chi connectivity index (χ1) is 9.49. The number of aromatic hydroxyl groups is 1. The Morgan fingerprint density at radius 1 is 1.30 bits per heavy atom. The van der Waals surface area contributed by atoms with E-state index in [1.165, 1.54) is 0 Å². The van der Waals surface area contributed by atoms with Crippen molar-refractivity contribution < 1.29 is 9.90 Å². The van der Waals surface area contributed by atoms with Crippen LogP contribution in [0.15, 0.2) is 35.7 Å². The Kier molecular flexibility index (Phi) is 4.45. The van der Waals surface area contributed by atoms with Crippen LogP contribution in [0.3, 0.4) is 0 Å². The Morgan fingerprint density at radius 3 is 2.65 bits per heavy atom. The van der Waals surface area contributed by atoms with E-state index in [2.05, 4.69) is 19.2 Å². The van der Waals surface area contributed by atoms with Gasteiger partial charge in [0.25, 0.3) is 5.91 Å². The van der Waals surface area contributed by atoms with E-state index in [0.717, 1.165) is 10.4 Å². The number of phenols is 1. The lowest BCUT2D eigenvalue weighted by atomic mass is 10.0. The smallest absolute Gasteiger partial charge is 0.255 e. The number of phenolic OH excluding ortho intramolecular Hbond substituents is 1. The zero-order chi connectivity index (χ0) is 14.7. The fourth-order valence-corrected chi connectivity index (χ4v) is 3.03. The summed E-state index contributed by atoms with van der Waals surface area (Å²) < 4.78 is 0. The summed E-state index contributed by atoms with van der Waals surface area (Å²) in [5, 5.41) is 14.8. The first kappa shape index (κ1) is 14.6. The van der Waals surface area contributed by atoms with Crippen LogP contribution in [-0.4, -0.2) is 11.0 Å². The SMILES string of the molecule is Cc1ccc(O)c(C(=O)NC(c2cccs2)C(C)C)c1. The topological polar surface area (TPSA) is 49.3 Å². The van der Waals surface area contributed by atoms with E-state index >= 15 is 0 Å². The summed E-state index contributed by atoms with van der Waals surface area (Å²) in [7, 11) is 0. The number of carbonyl (C=O) groups excluding carboxylic acids is 1. The van der Waals surface area contributed by atoms with E-state index in [-0.39, 0.29) is 23.6 Å². The maximum atomic E-state index is 12.4. The van der Waals surface area contributed by atoms with Crippen molar-refractivity contribution in [2.24, 2.45) is 5.92 Å². The van der Waals surface area contributed by atoms with Crippen molar-refractivity contribution in [2.75, 3.05) is 0 Å². The van der Waals surface area contributed by atoms with Gasteiger partial charge in [-0.05, 0) is 36.4 Å². The van der Waals surface area contributed by atoms with Crippen LogP contribution in [-0.2, 0) is 0 Å². The summed E-state index contributed by atoms with van der Waals surface area (Å²) in [4.78, 5) is 13.5. The van der Waals surface area contributed by atoms with Gasteiger partial charge in [-0.25, -0.2) is 0 Å². The minimum absolute atomic E-state index is 0.0155. The molecule has 0 bridgehead atoms. The van der Waals surface area contributed by atoms with Gasteiger partial charge in [0.15, 0.2) is 0 Å². The minimum Gasteiger partial charge on any atom is -0.507 e. The van der Waals surface area contributed by atoms with E-state index < -0.39 is 0 Å². The van der Waals surface area contributed by atoms with Gasteiger partial charge in [-0.15, -0.1) is 11.3 Å². The predicted octanol–water partition coefficient (Wildman–Crippen LogP) is 3.89. The number of aryl methyl sites for hydroxylation is 1. The van der Waals surface area contributed by atoms with Crippen molar-refractivity contribution in [3.63, 3.8) is 0 Å². The van der Waals surface area contributed by atoms with Crippen molar-refractivity contribution in [1.29, 1.82) is 0 Å². The molecule has 1 aromatic carbocycles. The van der Waals surface area contributed by atoms with Crippen molar-refractivity contribution in [2.45, 2.75) is 26.8 Å². The molecule has 0 fully saturated rings. The minimum atomic E-state index is -0.238. The summed E-state index contributed by atoms with van der Waals surface area (Å²) >= 11 is 1.63. The molecule has 0 aliphatic heterocycles. The summed E-state index contributed by atoms with van der Waals surface area (Å²) in [6, 6.07) is 9.00. The highest BCUT2D eigenvalue weighted by Gasteiger charge is 2.21.